The third kappa shape index (κ3) is 3.10. The highest BCUT2D eigenvalue weighted by Crippen LogP contribution is 2.37. The molecule has 7 unspecified atom stereocenters. The van der Waals surface area contributed by atoms with Crippen LogP contribution in [0.4, 0.5) is 0 Å². The lowest BCUT2D eigenvalue weighted by molar-refractivity contribution is -0.333. The number of carbonyl (C=O) groups excluding carboxylic acids is 1. The SMILES string of the molecule is O=CC1C=C(O)C(O)C(OC2(CCl)OC(CCl)C(O)C2O)O1. The van der Waals surface area contributed by atoms with Crippen LogP contribution in [-0.4, -0.2) is 81.1 Å². The fraction of sp³-hybridized carbons (Fsp3) is 0.750. The molecule has 7 atom stereocenters. The molecule has 2 heterocycles. The zero-order valence-electron chi connectivity index (χ0n) is 11.2. The first kappa shape index (κ1) is 17.9. The van der Waals surface area contributed by atoms with Crippen molar-refractivity contribution in [2.45, 2.75) is 42.6 Å². The van der Waals surface area contributed by atoms with E-state index >= 15 is 0 Å². The normalized spacial score (nSPS) is 45.6. The summed E-state index contributed by atoms with van der Waals surface area (Å²) in [5, 5.41) is 39.4. The van der Waals surface area contributed by atoms with Gasteiger partial charge in [-0.05, 0) is 6.08 Å². The molecule has 0 bridgehead atoms. The standard InChI is InChI=1S/C12H16Cl2O8/c13-2-7-9(18)10(19)12(4-14,21-7)22-11-8(17)6(16)1-5(3-15)20-11/h1,3,5,7-11,16-19H,2,4H2. The Hall–Kier alpha value is -0.450. The highest BCUT2D eigenvalue weighted by atomic mass is 35.5. The van der Waals surface area contributed by atoms with Crippen molar-refractivity contribution in [3.63, 3.8) is 0 Å². The van der Waals surface area contributed by atoms with Crippen molar-refractivity contribution in [1.82, 2.24) is 0 Å². The molecule has 1 fully saturated rings. The molecular formula is C12H16Cl2O8. The summed E-state index contributed by atoms with van der Waals surface area (Å²) in [4.78, 5) is 10.8. The largest absolute Gasteiger partial charge is 0.510 e. The van der Waals surface area contributed by atoms with Gasteiger partial charge in [-0.15, -0.1) is 23.2 Å². The second-order valence-corrected chi connectivity index (χ2v) is 5.53. The van der Waals surface area contributed by atoms with Crippen LogP contribution < -0.4 is 0 Å². The number of aliphatic hydroxyl groups is 4. The van der Waals surface area contributed by atoms with Gasteiger partial charge in [-0.2, -0.15) is 0 Å². The average molecular weight is 359 g/mol. The van der Waals surface area contributed by atoms with E-state index in [9.17, 15) is 25.2 Å². The molecule has 0 aromatic heterocycles. The van der Waals surface area contributed by atoms with Crippen molar-refractivity contribution >= 4 is 29.5 Å². The summed E-state index contributed by atoms with van der Waals surface area (Å²) in [7, 11) is 0. The lowest BCUT2D eigenvalue weighted by Crippen LogP contribution is -2.54. The van der Waals surface area contributed by atoms with Crippen molar-refractivity contribution < 1.29 is 39.4 Å². The monoisotopic (exact) mass is 358 g/mol. The van der Waals surface area contributed by atoms with Crippen molar-refractivity contribution in [1.29, 1.82) is 0 Å². The topological polar surface area (TPSA) is 126 Å². The van der Waals surface area contributed by atoms with Gasteiger partial charge in [0.1, 0.15) is 30.2 Å². The van der Waals surface area contributed by atoms with Gasteiger partial charge in [0.05, 0.1) is 11.8 Å². The van der Waals surface area contributed by atoms with Gasteiger partial charge in [0.15, 0.2) is 18.7 Å². The molecule has 8 nitrogen and oxygen atoms in total. The number of aliphatic hydroxyl groups excluding tert-OH is 4. The highest BCUT2D eigenvalue weighted by Gasteiger charge is 2.57. The Morgan fingerprint density at radius 3 is 2.55 bits per heavy atom. The predicted molar refractivity (Wildman–Crippen MR) is 73.6 cm³/mol. The Labute approximate surface area is 135 Å². The van der Waals surface area contributed by atoms with Crippen molar-refractivity contribution in [3.05, 3.63) is 11.8 Å². The first-order chi connectivity index (χ1) is 10.4. The molecule has 22 heavy (non-hydrogen) atoms. The lowest BCUT2D eigenvalue weighted by Gasteiger charge is -2.37. The van der Waals surface area contributed by atoms with Crippen LogP contribution in [0, 0.1) is 0 Å². The molecule has 1 saturated heterocycles. The third-order valence-electron chi connectivity index (χ3n) is 3.48. The number of halogens is 2. The molecule has 126 valence electrons. The van der Waals surface area contributed by atoms with Crippen LogP contribution in [0.5, 0.6) is 0 Å². The van der Waals surface area contributed by atoms with E-state index in [1.54, 1.807) is 0 Å². The Kier molecular flexibility index (Phi) is 5.68. The maximum absolute atomic E-state index is 10.8. The number of hydrogen-bond donors (Lipinski definition) is 4. The Balaban J connectivity index is 2.20. The third-order valence-corrected chi connectivity index (χ3v) is 4.16. The van der Waals surface area contributed by atoms with Crippen molar-refractivity contribution in [2.75, 3.05) is 11.8 Å². The van der Waals surface area contributed by atoms with Gasteiger partial charge in [-0.25, -0.2) is 0 Å². The van der Waals surface area contributed by atoms with Crippen LogP contribution in [0.2, 0.25) is 0 Å². The van der Waals surface area contributed by atoms with Crippen LogP contribution in [-0.2, 0) is 19.0 Å². The quantitative estimate of drug-likeness (QED) is 0.365. The van der Waals surface area contributed by atoms with Gasteiger partial charge < -0.3 is 39.4 Å². The maximum atomic E-state index is 10.8. The summed E-state index contributed by atoms with van der Waals surface area (Å²) in [6, 6.07) is 0. The number of ether oxygens (including phenoxy) is 3. The van der Waals surface area contributed by atoms with E-state index in [1.807, 2.05) is 0 Å². The molecule has 0 spiro atoms. The predicted octanol–water partition coefficient (Wildman–Crippen LogP) is -0.976. The molecular weight excluding hydrogens is 343 g/mol. The van der Waals surface area contributed by atoms with E-state index in [2.05, 4.69) is 0 Å². The summed E-state index contributed by atoms with van der Waals surface area (Å²) in [5.41, 5.74) is 0. The van der Waals surface area contributed by atoms with E-state index in [1.165, 1.54) is 0 Å². The zero-order chi connectivity index (χ0) is 16.5. The van der Waals surface area contributed by atoms with Gasteiger partial charge in [0, 0.05) is 0 Å². The molecule has 0 aromatic rings. The van der Waals surface area contributed by atoms with Gasteiger partial charge in [0.2, 0.25) is 5.79 Å². The van der Waals surface area contributed by atoms with E-state index in [0.717, 1.165) is 6.08 Å². The summed E-state index contributed by atoms with van der Waals surface area (Å²) in [6.07, 6.45) is -6.76. The number of rotatable bonds is 5. The summed E-state index contributed by atoms with van der Waals surface area (Å²) in [5.74, 6) is -2.98. The van der Waals surface area contributed by atoms with Gasteiger partial charge in [0.25, 0.3) is 0 Å². The molecule has 0 aromatic carbocycles. The molecule has 0 radical (unpaired) electrons. The Bertz CT molecular complexity index is 447. The van der Waals surface area contributed by atoms with Crippen LogP contribution in [0.3, 0.4) is 0 Å². The molecule has 2 aliphatic rings. The van der Waals surface area contributed by atoms with E-state index in [4.69, 9.17) is 37.4 Å². The number of aldehydes is 1. The molecule has 0 aliphatic carbocycles. The van der Waals surface area contributed by atoms with Gasteiger partial charge in [-0.1, -0.05) is 0 Å². The second-order valence-electron chi connectivity index (χ2n) is 4.95. The lowest BCUT2D eigenvalue weighted by atomic mass is 10.1. The van der Waals surface area contributed by atoms with Crippen LogP contribution in [0.1, 0.15) is 0 Å². The molecule has 10 heteroatoms. The summed E-state index contributed by atoms with van der Waals surface area (Å²) >= 11 is 11.4. The number of hydrogen-bond acceptors (Lipinski definition) is 8. The van der Waals surface area contributed by atoms with Gasteiger partial charge in [-0.3, -0.25) is 0 Å². The van der Waals surface area contributed by atoms with E-state index in [0.29, 0.717) is 6.29 Å². The molecule has 2 rings (SSSR count). The fourth-order valence-electron chi connectivity index (χ4n) is 2.26. The molecule has 2 aliphatic heterocycles. The smallest absolute Gasteiger partial charge is 0.214 e. The van der Waals surface area contributed by atoms with Gasteiger partial charge >= 0.3 is 0 Å². The molecule has 0 amide bonds. The minimum absolute atomic E-state index is 0.129. The zero-order valence-corrected chi connectivity index (χ0v) is 12.7. The minimum atomic E-state index is -1.91. The minimum Gasteiger partial charge on any atom is -0.510 e. The molecule has 0 saturated carbocycles. The van der Waals surface area contributed by atoms with Crippen LogP contribution in [0.15, 0.2) is 11.8 Å². The Morgan fingerprint density at radius 2 is 2.05 bits per heavy atom. The van der Waals surface area contributed by atoms with Crippen molar-refractivity contribution in [3.8, 4) is 0 Å². The van der Waals surface area contributed by atoms with Crippen LogP contribution in [0.25, 0.3) is 0 Å². The van der Waals surface area contributed by atoms with Crippen molar-refractivity contribution in [2.24, 2.45) is 0 Å². The fourth-order valence-corrected chi connectivity index (χ4v) is 2.79. The first-order valence-electron chi connectivity index (χ1n) is 6.41. The highest BCUT2D eigenvalue weighted by molar-refractivity contribution is 6.19. The number of carbonyl (C=O) groups is 1. The van der Waals surface area contributed by atoms with Crippen LogP contribution >= 0.6 is 23.2 Å². The molecule has 4 N–H and O–H groups in total. The van der Waals surface area contributed by atoms with E-state index in [-0.39, 0.29) is 5.88 Å². The Morgan fingerprint density at radius 1 is 1.36 bits per heavy atom. The summed E-state index contributed by atoms with van der Waals surface area (Å²) in [6.45, 7) is 0. The number of alkyl halides is 2. The maximum Gasteiger partial charge on any atom is 0.214 e. The first-order valence-corrected chi connectivity index (χ1v) is 7.48. The average Bonchev–Trinajstić information content (AvgIpc) is 2.76. The van der Waals surface area contributed by atoms with E-state index < -0.39 is 54.2 Å². The second kappa shape index (κ2) is 6.98. The summed E-state index contributed by atoms with van der Waals surface area (Å²) < 4.78 is 15.8.